The van der Waals surface area contributed by atoms with Crippen LogP contribution in [-0.4, -0.2) is 12.6 Å². The molecule has 0 atom stereocenters. The first-order chi connectivity index (χ1) is 9.27. The lowest BCUT2D eigenvalue weighted by molar-refractivity contribution is -0.141. The van der Waals surface area contributed by atoms with Crippen molar-refractivity contribution in [3.05, 3.63) is 24.3 Å². The van der Waals surface area contributed by atoms with Gasteiger partial charge in [0.2, 0.25) is 0 Å². The van der Waals surface area contributed by atoms with Crippen LogP contribution in [0.4, 0.5) is 0 Å². The topological polar surface area (TPSA) is 26.3 Å². The van der Waals surface area contributed by atoms with Crippen LogP contribution in [-0.2, 0) is 9.53 Å². The standard InChI is InChI=1S/C17H30O2/c1-3-4-5-6-7-8-9-10-11-12-13-14-15-16-19-17(2)18/h7-8,10-11H,3-6,9,12-16H2,1-2H3/b8-7-,11-10-. The number of unbranched alkanes of at least 4 members (excludes halogenated alkanes) is 6. The molecule has 0 aromatic rings. The second-order valence-electron chi connectivity index (χ2n) is 4.86. The largest absolute Gasteiger partial charge is 0.466 e. The zero-order chi connectivity index (χ0) is 14.2. The molecule has 2 heteroatoms. The average Bonchev–Trinajstić information content (AvgIpc) is 2.39. The van der Waals surface area contributed by atoms with Gasteiger partial charge in [-0.3, -0.25) is 4.79 Å². The van der Waals surface area contributed by atoms with Crippen molar-refractivity contribution in [3.63, 3.8) is 0 Å². The van der Waals surface area contributed by atoms with Crippen LogP contribution in [0.5, 0.6) is 0 Å². The van der Waals surface area contributed by atoms with Gasteiger partial charge in [0.15, 0.2) is 0 Å². The first-order valence-electron chi connectivity index (χ1n) is 7.70. The number of carbonyl (C=O) groups is 1. The monoisotopic (exact) mass is 266 g/mol. The maximum Gasteiger partial charge on any atom is 0.302 e. The van der Waals surface area contributed by atoms with Gasteiger partial charge < -0.3 is 4.74 Å². The van der Waals surface area contributed by atoms with Crippen LogP contribution in [0.3, 0.4) is 0 Å². The third-order valence-corrected chi connectivity index (χ3v) is 2.90. The Bertz CT molecular complexity index is 254. The van der Waals surface area contributed by atoms with Crippen LogP contribution in [0.1, 0.15) is 71.6 Å². The normalized spacial score (nSPS) is 11.5. The molecule has 0 unspecified atom stereocenters. The van der Waals surface area contributed by atoms with E-state index in [9.17, 15) is 4.79 Å². The van der Waals surface area contributed by atoms with E-state index in [-0.39, 0.29) is 5.97 Å². The number of hydrogen-bond acceptors (Lipinski definition) is 2. The Morgan fingerprint density at radius 1 is 0.895 bits per heavy atom. The quantitative estimate of drug-likeness (QED) is 0.276. The van der Waals surface area contributed by atoms with Crippen molar-refractivity contribution in [3.8, 4) is 0 Å². The molecule has 0 heterocycles. The van der Waals surface area contributed by atoms with Gasteiger partial charge >= 0.3 is 5.97 Å². The predicted octanol–water partition coefficient (Wildman–Crippen LogP) is 5.19. The summed E-state index contributed by atoms with van der Waals surface area (Å²) in [6.07, 6.45) is 19.7. The molecule has 0 aliphatic rings. The van der Waals surface area contributed by atoms with Crippen molar-refractivity contribution < 1.29 is 9.53 Å². The fraction of sp³-hybridized carbons (Fsp3) is 0.706. The Kier molecular flexibility index (Phi) is 14.2. The van der Waals surface area contributed by atoms with Crippen molar-refractivity contribution in [2.45, 2.75) is 71.6 Å². The van der Waals surface area contributed by atoms with Gasteiger partial charge in [-0.25, -0.2) is 0 Å². The van der Waals surface area contributed by atoms with Crippen LogP contribution >= 0.6 is 0 Å². The van der Waals surface area contributed by atoms with Crippen molar-refractivity contribution in [1.82, 2.24) is 0 Å². The van der Waals surface area contributed by atoms with E-state index < -0.39 is 0 Å². The lowest BCUT2D eigenvalue weighted by Crippen LogP contribution is -1.99. The van der Waals surface area contributed by atoms with Crippen molar-refractivity contribution in [2.24, 2.45) is 0 Å². The summed E-state index contributed by atoms with van der Waals surface area (Å²) in [5.74, 6) is -0.175. The molecule has 0 aliphatic carbocycles. The molecule has 0 saturated carbocycles. The molecular formula is C17H30O2. The van der Waals surface area contributed by atoms with Crippen LogP contribution in [0, 0.1) is 0 Å². The molecule has 0 spiro atoms. The third kappa shape index (κ3) is 16.9. The Morgan fingerprint density at radius 2 is 1.53 bits per heavy atom. The minimum Gasteiger partial charge on any atom is -0.466 e. The number of esters is 1. The Balaban J connectivity index is 3.19. The molecule has 19 heavy (non-hydrogen) atoms. The molecule has 2 nitrogen and oxygen atoms in total. The molecule has 0 N–H and O–H groups in total. The van der Waals surface area contributed by atoms with Gasteiger partial charge in [0, 0.05) is 6.92 Å². The second-order valence-corrected chi connectivity index (χ2v) is 4.86. The van der Waals surface area contributed by atoms with Crippen LogP contribution in [0.15, 0.2) is 24.3 Å². The summed E-state index contributed by atoms with van der Waals surface area (Å²) < 4.78 is 4.88. The minimum absolute atomic E-state index is 0.175. The molecule has 0 saturated heterocycles. The molecule has 0 radical (unpaired) electrons. The average molecular weight is 266 g/mol. The van der Waals surface area contributed by atoms with Crippen LogP contribution in [0.25, 0.3) is 0 Å². The fourth-order valence-electron chi connectivity index (χ4n) is 1.78. The van der Waals surface area contributed by atoms with Gasteiger partial charge in [0.05, 0.1) is 6.61 Å². The third-order valence-electron chi connectivity index (χ3n) is 2.90. The highest BCUT2D eigenvalue weighted by Crippen LogP contribution is 2.03. The summed E-state index contributed by atoms with van der Waals surface area (Å²) in [6.45, 7) is 4.26. The summed E-state index contributed by atoms with van der Waals surface area (Å²) in [7, 11) is 0. The van der Waals surface area contributed by atoms with E-state index in [1.165, 1.54) is 39.0 Å². The highest BCUT2D eigenvalue weighted by atomic mass is 16.5. The Hall–Kier alpha value is -1.05. The molecule has 0 fully saturated rings. The Labute approximate surface area is 118 Å². The second kappa shape index (κ2) is 15.0. The highest BCUT2D eigenvalue weighted by molar-refractivity contribution is 5.65. The molecule has 0 amide bonds. The molecule has 0 bridgehead atoms. The number of carbonyl (C=O) groups excluding carboxylic acids is 1. The predicted molar refractivity (Wildman–Crippen MR) is 82.1 cm³/mol. The molecule has 0 aliphatic heterocycles. The van der Waals surface area contributed by atoms with Crippen LogP contribution in [0.2, 0.25) is 0 Å². The molecule has 0 rings (SSSR count). The van der Waals surface area contributed by atoms with Gasteiger partial charge in [-0.1, -0.05) is 44.1 Å². The van der Waals surface area contributed by atoms with E-state index >= 15 is 0 Å². The maximum atomic E-state index is 10.5. The summed E-state index contributed by atoms with van der Waals surface area (Å²) in [4.78, 5) is 10.5. The van der Waals surface area contributed by atoms with Gasteiger partial charge in [0.1, 0.15) is 0 Å². The van der Waals surface area contributed by atoms with Gasteiger partial charge in [-0.2, -0.15) is 0 Å². The summed E-state index contributed by atoms with van der Waals surface area (Å²) in [5, 5.41) is 0. The van der Waals surface area contributed by atoms with Gasteiger partial charge in [-0.15, -0.1) is 0 Å². The number of ether oxygens (including phenoxy) is 1. The number of allylic oxidation sites excluding steroid dienone is 4. The first-order valence-corrected chi connectivity index (χ1v) is 7.70. The Morgan fingerprint density at radius 3 is 2.11 bits per heavy atom. The van der Waals surface area contributed by atoms with Crippen LogP contribution < -0.4 is 0 Å². The molecule has 110 valence electrons. The first kappa shape index (κ1) is 17.9. The molecule has 0 aromatic heterocycles. The fourth-order valence-corrected chi connectivity index (χ4v) is 1.78. The number of rotatable bonds is 12. The van der Waals surface area contributed by atoms with E-state index in [0.717, 1.165) is 25.7 Å². The summed E-state index contributed by atoms with van der Waals surface area (Å²) in [6, 6.07) is 0. The van der Waals surface area contributed by atoms with Gasteiger partial charge in [0.25, 0.3) is 0 Å². The van der Waals surface area contributed by atoms with E-state index in [1.807, 2.05) is 0 Å². The minimum atomic E-state index is -0.175. The summed E-state index contributed by atoms with van der Waals surface area (Å²) in [5.41, 5.74) is 0. The smallest absolute Gasteiger partial charge is 0.302 e. The zero-order valence-electron chi connectivity index (χ0n) is 12.7. The molecule has 0 aromatic carbocycles. The number of hydrogen-bond donors (Lipinski definition) is 0. The lowest BCUT2D eigenvalue weighted by Gasteiger charge is -2.00. The van der Waals surface area contributed by atoms with Crippen molar-refractivity contribution in [1.29, 1.82) is 0 Å². The zero-order valence-corrected chi connectivity index (χ0v) is 12.7. The highest BCUT2D eigenvalue weighted by Gasteiger charge is 1.92. The van der Waals surface area contributed by atoms with E-state index in [0.29, 0.717) is 6.61 Å². The summed E-state index contributed by atoms with van der Waals surface area (Å²) >= 11 is 0. The van der Waals surface area contributed by atoms with Crippen molar-refractivity contribution in [2.75, 3.05) is 6.61 Å². The molecular weight excluding hydrogens is 236 g/mol. The van der Waals surface area contributed by atoms with Gasteiger partial charge in [-0.05, 0) is 44.9 Å². The SMILES string of the molecule is CCCCC/C=C\C/C=C\CCCCCOC(C)=O. The lowest BCUT2D eigenvalue weighted by atomic mass is 10.1. The van der Waals surface area contributed by atoms with E-state index in [4.69, 9.17) is 4.74 Å². The van der Waals surface area contributed by atoms with E-state index in [2.05, 4.69) is 31.2 Å². The van der Waals surface area contributed by atoms with E-state index in [1.54, 1.807) is 0 Å². The van der Waals surface area contributed by atoms with Crippen molar-refractivity contribution >= 4 is 5.97 Å². The maximum absolute atomic E-state index is 10.5.